The minimum atomic E-state index is -1.02. The fourth-order valence-corrected chi connectivity index (χ4v) is 6.64. The van der Waals surface area contributed by atoms with Gasteiger partial charge in [-0.2, -0.15) is 0 Å². The summed E-state index contributed by atoms with van der Waals surface area (Å²) in [6.07, 6.45) is 1.71. The Hall–Kier alpha value is -4.30. The molecule has 1 N–H and O–H groups in total. The first-order valence-corrected chi connectivity index (χ1v) is 15.3. The largest absolute Gasteiger partial charge is 0.493 e. The fraction of sp³-hybridized carbons (Fsp3) is 0.188. The highest BCUT2D eigenvalue weighted by atomic mass is 127. The number of carboxylic acids is 1. The van der Waals surface area contributed by atoms with Crippen LogP contribution in [-0.2, 0) is 16.1 Å². The summed E-state index contributed by atoms with van der Waals surface area (Å²) in [6, 6.07) is 14.8. The summed E-state index contributed by atoms with van der Waals surface area (Å²) >= 11 is 3.28. The van der Waals surface area contributed by atoms with E-state index in [1.165, 1.54) is 41.2 Å². The third kappa shape index (κ3) is 6.31. The highest BCUT2D eigenvalue weighted by Crippen LogP contribution is 2.35. The topological polar surface area (TPSA) is 116 Å². The van der Waals surface area contributed by atoms with Crippen molar-refractivity contribution in [1.82, 2.24) is 4.57 Å². The number of benzene rings is 3. The van der Waals surface area contributed by atoms with Gasteiger partial charge in [0.15, 0.2) is 16.3 Å². The molecule has 1 aliphatic heterocycles. The third-order valence-electron chi connectivity index (χ3n) is 6.81. The Balaban J connectivity index is 1.55. The number of allylic oxidation sites excluding steroid dienone is 1. The lowest BCUT2D eigenvalue weighted by molar-refractivity contribution is -0.139. The van der Waals surface area contributed by atoms with E-state index in [1.807, 2.05) is 6.07 Å². The van der Waals surface area contributed by atoms with Gasteiger partial charge in [0, 0.05) is 0 Å². The second kappa shape index (κ2) is 13.1. The fourth-order valence-electron chi connectivity index (χ4n) is 4.82. The quantitative estimate of drug-likeness (QED) is 0.194. The van der Waals surface area contributed by atoms with Crippen molar-refractivity contribution in [2.24, 2.45) is 4.99 Å². The number of carbonyl (C=O) groups excluding carboxylic acids is 1. The van der Waals surface area contributed by atoms with Gasteiger partial charge in [0.1, 0.15) is 12.4 Å². The molecule has 0 saturated carbocycles. The smallest absolute Gasteiger partial charge is 0.338 e. The van der Waals surface area contributed by atoms with Gasteiger partial charge >= 0.3 is 11.9 Å². The molecular formula is C32H26FIN2O7S. The number of ether oxygens (including phenoxy) is 3. The molecule has 1 atom stereocenters. The van der Waals surface area contributed by atoms with Crippen LogP contribution in [0, 0.1) is 9.39 Å². The monoisotopic (exact) mass is 728 g/mol. The van der Waals surface area contributed by atoms with Crippen LogP contribution in [0.5, 0.6) is 11.5 Å². The number of aromatic nitrogens is 1. The Kier molecular flexibility index (Phi) is 9.30. The van der Waals surface area contributed by atoms with Crippen LogP contribution in [0.15, 0.2) is 81.7 Å². The predicted octanol–water partition coefficient (Wildman–Crippen LogP) is 4.83. The lowest BCUT2D eigenvalue weighted by Crippen LogP contribution is -2.39. The van der Waals surface area contributed by atoms with Crippen LogP contribution in [0.3, 0.4) is 0 Å². The molecule has 0 unspecified atom stereocenters. The van der Waals surface area contributed by atoms with Crippen molar-refractivity contribution < 1.29 is 33.3 Å². The van der Waals surface area contributed by atoms with E-state index < -0.39 is 23.8 Å². The van der Waals surface area contributed by atoms with Crippen molar-refractivity contribution in [3.63, 3.8) is 0 Å². The number of rotatable bonds is 9. The number of halogens is 2. The van der Waals surface area contributed by atoms with Crippen molar-refractivity contribution in [1.29, 1.82) is 0 Å². The van der Waals surface area contributed by atoms with E-state index in [2.05, 4.69) is 27.6 Å². The molecule has 0 amide bonds. The number of carbonyl (C=O) groups is 2. The van der Waals surface area contributed by atoms with Gasteiger partial charge in [-0.15, -0.1) is 0 Å². The summed E-state index contributed by atoms with van der Waals surface area (Å²) in [4.78, 5) is 43.2. The van der Waals surface area contributed by atoms with Gasteiger partial charge in [-0.1, -0.05) is 35.6 Å². The molecule has 2 heterocycles. The van der Waals surface area contributed by atoms with Gasteiger partial charge in [0.25, 0.3) is 5.56 Å². The zero-order chi connectivity index (χ0) is 31.5. The second-order valence-corrected chi connectivity index (χ2v) is 11.9. The number of methoxy groups -OCH3 is 1. The number of fused-ring (bicyclic) bond motifs is 1. The first-order chi connectivity index (χ1) is 21.1. The summed E-state index contributed by atoms with van der Waals surface area (Å²) in [5.74, 6) is -1.16. The van der Waals surface area contributed by atoms with Crippen molar-refractivity contribution >= 4 is 51.9 Å². The SMILES string of the molecule is CCOC(=O)C1=C(C)N=c2s/c(=C\c3cc(I)c(OCc4cccc(C(=O)O)c4)c(OC)c3)c(=O)n2[C@@H]1c1ccc(F)cc1. The van der Waals surface area contributed by atoms with Crippen LogP contribution >= 0.6 is 33.9 Å². The number of esters is 1. The van der Waals surface area contributed by atoms with E-state index in [1.54, 1.807) is 56.3 Å². The maximum absolute atomic E-state index is 13.9. The van der Waals surface area contributed by atoms with Gasteiger partial charge in [0.2, 0.25) is 0 Å². The summed E-state index contributed by atoms with van der Waals surface area (Å²) < 4.78 is 33.2. The molecule has 12 heteroatoms. The lowest BCUT2D eigenvalue weighted by Gasteiger charge is -2.24. The highest BCUT2D eigenvalue weighted by molar-refractivity contribution is 14.1. The molecule has 226 valence electrons. The van der Waals surface area contributed by atoms with E-state index in [9.17, 15) is 23.9 Å². The molecule has 3 aromatic carbocycles. The molecule has 1 aliphatic rings. The van der Waals surface area contributed by atoms with Gasteiger partial charge < -0.3 is 19.3 Å². The molecule has 4 aromatic rings. The maximum Gasteiger partial charge on any atom is 0.338 e. The van der Waals surface area contributed by atoms with Crippen molar-refractivity contribution in [3.8, 4) is 11.5 Å². The van der Waals surface area contributed by atoms with Crippen molar-refractivity contribution in [3.05, 3.63) is 123 Å². The van der Waals surface area contributed by atoms with Gasteiger partial charge in [-0.25, -0.2) is 19.0 Å². The van der Waals surface area contributed by atoms with E-state index >= 15 is 0 Å². The Labute approximate surface area is 268 Å². The minimum absolute atomic E-state index is 0.122. The Morgan fingerprint density at radius 1 is 1.16 bits per heavy atom. The molecule has 1 aromatic heterocycles. The number of carboxylic acid groups (broad SMARTS) is 1. The molecule has 0 spiro atoms. The summed E-state index contributed by atoms with van der Waals surface area (Å²) in [6.45, 7) is 3.64. The normalized spacial score (nSPS) is 14.6. The molecule has 0 saturated heterocycles. The molecular weight excluding hydrogens is 702 g/mol. The maximum atomic E-state index is 13.9. The van der Waals surface area contributed by atoms with Crippen LogP contribution in [-0.4, -0.2) is 35.3 Å². The van der Waals surface area contributed by atoms with E-state index in [0.717, 1.165) is 0 Å². The third-order valence-corrected chi connectivity index (χ3v) is 8.59. The van der Waals surface area contributed by atoms with Crippen LogP contribution < -0.4 is 24.4 Å². The first kappa shape index (κ1) is 31.1. The summed E-state index contributed by atoms with van der Waals surface area (Å²) in [7, 11) is 1.50. The molecule has 0 aliphatic carbocycles. The Morgan fingerprint density at radius 2 is 1.91 bits per heavy atom. The van der Waals surface area contributed by atoms with Gasteiger partial charge in [0.05, 0.1) is 44.7 Å². The summed E-state index contributed by atoms with van der Waals surface area (Å²) in [5.41, 5.74) is 2.31. The molecule has 44 heavy (non-hydrogen) atoms. The van der Waals surface area contributed by atoms with Crippen molar-refractivity contribution in [2.45, 2.75) is 26.5 Å². The van der Waals surface area contributed by atoms with Crippen LogP contribution in [0.1, 0.15) is 46.9 Å². The molecule has 5 rings (SSSR count). The lowest BCUT2D eigenvalue weighted by atomic mass is 9.96. The number of aromatic carboxylic acids is 1. The van der Waals surface area contributed by atoms with Gasteiger partial charge in [-0.3, -0.25) is 9.36 Å². The molecule has 9 nitrogen and oxygen atoms in total. The standard InChI is InChI=1S/C32H26FIN2O7S/c1-4-42-31(40)26-17(2)35-32-36(27(26)20-8-10-22(33)11-9-20)29(37)25(44-32)15-19-13-23(34)28(24(14-19)41-3)43-16-18-6-5-7-21(12-18)30(38)39/h5-15,27H,4,16H2,1-3H3,(H,38,39)/b25-15-/t27-/m1/s1. The number of thiazole rings is 1. The average molecular weight is 729 g/mol. The van der Waals surface area contributed by atoms with Crippen LogP contribution in [0.2, 0.25) is 0 Å². The van der Waals surface area contributed by atoms with Crippen LogP contribution in [0.4, 0.5) is 4.39 Å². The Bertz CT molecular complexity index is 1980. The average Bonchev–Trinajstić information content (AvgIpc) is 3.30. The van der Waals surface area contributed by atoms with E-state index in [0.29, 0.717) is 46.8 Å². The predicted molar refractivity (Wildman–Crippen MR) is 170 cm³/mol. The summed E-state index contributed by atoms with van der Waals surface area (Å²) in [5, 5.41) is 9.27. The number of hydrogen-bond donors (Lipinski definition) is 1. The second-order valence-electron chi connectivity index (χ2n) is 9.68. The number of nitrogens with zero attached hydrogens (tertiary/aromatic N) is 2. The van der Waals surface area contributed by atoms with E-state index in [-0.39, 0.29) is 29.9 Å². The first-order valence-electron chi connectivity index (χ1n) is 13.4. The van der Waals surface area contributed by atoms with E-state index in [4.69, 9.17) is 14.2 Å². The minimum Gasteiger partial charge on any atom is -0.493 e. The molecule has 0 radical (unpaired) electrons. The van der Waals surface area contributed by atoms with Crippen LogP contribution in [0.25, 0.3) is 6.08 Å². The molecule has 0 fully saturated rings. The van der Waals surface area contributed by atoms with Crippen molar-refractivity contribution in [2.75, 3.05) is 13.7 Å². The number of hydrogen-bond acceptors (Lipinski definition) is 8. The zero-order valence-corrected chi connectivity index (χ0v) is 26.8. The Morgan fingerprint density at radius 3 is 2.59 bits per heavy atom. The molecule has 0 bridgehead atoms. The van der Waals surface area contributed by atoms with Gasteiger partial charge in [-0.05, 0) is 95.6 Å². The zero-order valence-electron chi connectivity index (χ0n) is 23.8. The highest BCUT2D eigenvalue weighted by Gasteiger charge is 2.33.